The summed E-state index contributed by atoms with van der Waals surface area (Å²) in [5.74, 6) is 1.78. The molecule has 0 N–H and O–H groups in total. The number of benzene rings is 1. The average molecular weight is 354 g/mol. The topological polar surface area (TPSA) is 51.9 Å². The van der Waals surface area contributed by atoms with Crippen LogP contribution in [0.1, 0.15) is 19.8 Å². The molecule has 0 saturated carbocycles. The average Bonchev–Trinajstić information content (AvgIpc) is 3.10. The molecule has 2 heterocycles. The predicted octanol–water partition coefficient (Wildman–Crippen LogP) is 3.66. The van der Waals surface area contributed by atoms with E-state index in [9.17, 15) is 0 Å². The zero-order valence-electron chi connectivity index (χ0n) is 15.7. The summed E-state index contributed by atoms with van der Waals surface area (Å²) in [4.78, 5) is 6.85. The van der Waals surface area contributed by atoms with Crippen molar-refractivity contribution < 1.29 is 9.47 Å². The van der Waals surface area contributed by atoms with Gasteiger partial charge in [0.25, 0.3) is 0 Å². The molecule has 138 valence electrons. The van der Waals surface area contributed by atoms with Crippen molar-refractivity contribution >= 4 is 11.5 Å². The van der Waals surface area contributed by atoms with Crippen LogP contribution in [0.5, 0.6) is 5.75 Å². The highest BCUT2D eigenvalue weighted by atomic mass is 16.5. The minimum Gasteiger partial charge on any atom is -0.491 e. The van der Waals surface area contributed by atoms with E-state index in [1.807, 2.05) is 47.1 Å². The fourth-order valence-electron chi connectivity index (χ4n) is 2.69. The number of fused-ring (bicyclic) bond motifs is 1. The van der Waals surface area contributed by atoms with Crippen LogP contribution in [-0.2, 0) is 4.74 Å². The maximum Gasteiger partial charge on any atom is 0.154 e. The quantitative estimate of drug-likeness (QED) is 0.549. The Bertz CT molecular complexity index is 829. The van der Waals surface area contributed by atoms with Gasteiger partial charge in [0.2, 0.25) is 0 Å². The van der Waals surface area contributed by atoms with E-state index in [4.69, 9.17) is 9.47 Å². The van der Waals surface area contributed by atoms with Gasteiger partial charge in [-0.05, 0) is 42.8 Å². The van der Waals surface area contributed by atoms with Crippen LogP contribution in [0.15, 0.2) is 42.6 Å². The highest BCUT2D eigenvalue weighted by molar-refractivity contribution is 5.63. The van der Waals surface area contributed by atoms with Gasteiger partial charge in [-0.2, -0.15) is 0 Å². The smallest absolute Gasteiger partial charge is 0.154 e. The van der Waals surface area contributed by atoms with E-state index in [0.717, 1.165) is 41.4 Å². The Hall–Kier alpha value is -2.60. The molecule has 2 aromatic heterocycles. The lowest BCUT2D eigenvalue weighted by Gasteiger charge is -2.17. The van der Waals surface area contributed by atoms with E-state index in [0.29, 0.717) is 13.2 Å². The van der Waals surface area contributed by atoms with E-state index in [1.165, 1.54) is 6.42 Å². The van der Waals surface area contributed by atoms with E-state index in [1.54, 1.807) is 7.11 Å². The predicted molar refractivity (Wildman–Crippen MR) is 104 cm³/mol. The first-order chi connectivity index (χ1) is 12.7. The molecule has 0 radical (unpaired) electrons. The normalized spacial score (nSPS) is 11.0. The maximum absolute atomic E-state index is 5.60. The second-order valence-electron chi connectivity index (χ2n) is 6.26. The van der Waals surface area contributed by atoms with Gasteiger partial charge in [0.05, 0.1) is 18.5 Å². The van der Waals surface area contributed by atoms with Crippen molar-refractivity contribution in [2.24, 2.45) is 0 Å². The molecular weight excluding hydrogens is 328 g/mol. The Kier molecular flexibility index (Phi) is 6.07. The fourth-order valence-corrected chi connectivity index (χ4v) is 2.69. The van der Waals surface area contributed by atoms with Gasteiger partial charge in [0.1, 0.15) is 18.2 Å². The van der Waals surface area contributed by atoms with Gasteiger partial charge >= 0.3 is 0 Å². The molecule has 6 heteroatoms. The summed E-state index contributed by atoms with van der Waals surface area (Å²) >= 11 is 0. The molecule has 0 spiro atoms. The summed E-state index contributed by atoms with van der Waals surface area (Å²) in [5, 5.41) is 4.68. The molecule has 0 saturated heterocycles. The Morgan fingerprint density at radius 2 is 1.88 bits per heavy atom. The van der Waals surface area contributed by atoms with Crippen molar-refractivity contribution in [3.05, 3.63) is 42.6 Å². The SMILES string of the molecule is CCCCN(C)c1ccc2nc(-c3ccc(OCCOC)cc3)cn2n1. The number of methoxy groups -OCH3 is 1. The maximum atomic E-state index is 5.60. The van der Waals surface area contributed by atoms with Crippen LogP contribution in [0.3, 0.4) is 0 Å². The first-order valence-electron chi connectivity index (χ1n) is 9.01. The molecule has 3 rings (SSSR count). The highest BCUT2D eigenvalue weighted by Crippen LogP contribution is 2.22. The number of hydrogen-bond acceptors (Lipinski definition) is 5. The number of hydrogen-bond donors (Lipinski definition) is 0. The minimum atomic E-state index is 0.544. The largest absolute Gasteiger partial charge is 0.491 e. The van der Waals surface area contributed by atoms with E-state index >= 15 is 0 Å². The molecule has 0 bridgehead atoms. The van der Waals surface area contributed by atoms with Gasteiger partial charge in [-0.1, -0.05) is 13.3 Å². The fraction of sp³-hybridized carbons (Fsp3) is 0.400. The minimum absolute atomic E-state index is 0.544. The van der Waals surface area contributed by atoms with Crippen LogP contribution in [0.25, 0.3) is 16.9 Å². The molecule has 0 fully saturated rings. The van der Waals surface area contributed by atoms with Gasteiger partial charge in [0.15, 0.2) is 5.65 Å². The standard InChI is InChI=1S/C20H26N4O2/c1-4-5-12-23(2)20-11-10-19-21-18(15-24(19)22-20)16-6-8-17(9-7-16)26-14-13-25-3/h6-11,15H,4-5,12-14H2,1-3H3. The number of ether oxygens (including phenoxy) is 2. The van der Waals surface area contributed by atoms with Crippen molar-refractivity contribution in [1.29, 1.82) is 0 Å². The van der Waals surface area contributed by atoms with E-state index < -0.39 is 0 Å². The molecule has 0 amide bonds. The van der Waals surface area contributed by atoms with Crippen LogP contribution in [-0.4, -0.2) is 48.5 Å². The molecule has 0 unspecified atom stereocenters. The summed E-state index contributed by atoms with van der Waals surface area (Å²) in [7, 11) is 3.74. The molecule has 26 heavy (non-hydrogen) atoms. The third kappa shape index (κ3) is 4.32. The summed E-state index contributed by atoms with van der Waals surface area (Å²) in [6, 6.07) is 12.0. The van der Waals surface area contributed by atoms with Crippen LogP contribution in [0, 0.1) is 0 Å². The highest BCUT2D eigenvalue weighted by Gasteiger charge is 2.08. The van der Waals surface area contributed by atoms with Crippen molar-refractivity contribution in [3.63, 3.8) is 0 Å². The van der Waals surface area contributed by atoms with Crippen LogP contribution in [0.4, 0.5) is 5.82 Å². The zero-order chi connectivity index (χ0) is 18.4. The Morgan fingerprint density at radius 3 is 2.62 bits per heavy atom. The zero-order valence-corrected chi connectivity index (χ0v) is 15.7. The first kappa shape index (κ1) is 18.2. The van der Waals surface area contributed by atoms with Crippen LogP contribution < -0.4 is 9.64 Å². The number of imidazole rings is 1. The van der Waals surface area contributed by atoms with Gasteiger partial charge in [0, 0.05) is 26.3 Å². The van der Waals surface area contributed by atoms with E-state index in [2.05, 4.69) is 29.0 Å². The van der Waals surface area contributed by atoms with E-state index in [-0.39, 0.29) is 0 Å². The summed E-state index contributed by atoms with van der Waals surface area (Å²) in [6.07, 6.45) is 4.30. The summed E-state index contributed by atoms with van der Waals surface area (Å²) in [6.45, 7) is 4.32. The number of aromatic nitrogens is 3. The Labute approximate surface area is 154 Å². The third-order valence-corrected chi connectivity index (χ3v) is 4.25. The van der Waals surface area contributed by atoms with Gasteiger partial charge in [-0.25, -0.2) is 9.50 Å². The lowest BCUT2D eigenvalue weighted by Crippen LogP contribution is -2.20. The van der Waals surface area contributed by atoms with Crippen molar-refractivity contribution in [2.45, 2.75) is 19.8 Å². The monoisotopic (exact) mass is 354 g/mol. The second-order valence-corrected chi connectivity index (χ2v) is 6.26. The van der Waals surface area contributed by atoms with Crippen molar-refractivity contribution in [3.8, 4) is 17.0 Å². The Morgan fingerprint density at radius 1 is 1.08 bits per heavy atom. The summed E-state index contributed by atoms with van der Waals surface area (Å²) < 4.78 is 12.4. The molecule has 6 nitrogen and oxygen atoms in total. The number of rotatable bonds is 9. The van der Waals surface area contributed by atoms with Gasteiger partial charge in [-0.15, -0.1) is 5.10 Å². The lowest BCUT2D eigenvalue weighted by atomic mass is 10.2. The van der Waals surface area contributed by atoms with Crippen LogP contribution >= 0.6 is 0 Å². The lowest BCUT2D eigenvalue weighted by molar-refractivity contribution is 0.146. The molecular formula is C20H26N4O2. The second kappa shape index (κ2) is 8.67. The molecule has 0 aliphatic rings. The number of nitrogens with zero attached hydrogens (tertiary/aromatic N) is 4. The molecule has 0 aliphatic heterocycles. The molecule has 1 aromatic carbocycles. The number of unbranched alkanes of at least 4 members (excludes halogenated alkanes) is 1. The van der Waals surface area contributed by atoms with Gasteiger partial charge < -0.3 is 14.4 Å². The number of anilines is 1. The first-order valence-corrected chi connectivity index (χ1v) is 9.01. The molecule has 3 aromatic rings. The van der Waals surface area contributed by atoms with Gasteiger partial charge in [-0.3, -0.25) is 0 Å². The Balaban J connectivity index is 1.76. The molecule has 0 aliphatic carbocycles. The van der Waals surface area contributed by atoms with Crippen molar-refractivity contribution in [1.82, 2.24) is 14.6 Å². The third-order valence-electron chi connectivity index (χ3n) is 4.25. The summed E-state index contributed by atoms with van der Waals surface area (Å²) in [5.41, 5.74) is 2.78. The van der Waals surface area contributed by atoms with Crippen molar-refractivity contribution in [2.75, 3.05) is 38.8 Å². The van der Waals surface area contributed by atoms with Crippen LogP contribution in [0.2, 0.25) is 0 Å². The molecule has 0 atom stereocenters.